The summed E-state index contributed by atoms with van der Waals surface area (Å²) in [6.45, 7) is 1.50. The van der Waals surface area contributed by atoms with Crippen molar-refractivity contribution in [1.29, 1.82) is 0 Å². The lowest BCUT2D eigenvalue weighted by Gasteiger charge is -2.33. The predicted octanol–water partition coefficient (Wildman–Crippen LogP) is 2.93. The molecule has 5 nitrogen and oxygen atoms in total. The van der Waals surface area contributed by atoms with Crippen molar-refractivity contribution in [3.63, 3.8) is 0 Å². The Balaban J connectivity index is 1.53. The molecule has 1 aromatic heterocycles. The van der Waals surface area contributed by atoms with Gasteiger partial charge < -0.3 is 14.2 Å². The summed E-state index contributed by atoms with van der Waals surface area (Å²) < 4.78 is 18.2. The number of furan rings is 1. The van der Waals surface area contributed by atoms with Crippen molar-refractivity contribution in [1.82, 2.24) is 9.80 Å². The number of rotatable bonds is 4. The van der Waals surface area contributed by atoms with Gasteiger partial charge in [-0.3, -0.25) is 9.59 Å². The molecule has 0 atom stereocenters. The van der Waals surface area contributed by atoms with Crippen LogP contribution in [-0.4, -0.2) is 41.8 Å². The van der Waals surface area contributed by atoms with Crippen LogP contribution in [0.25, 0.3) is 0 Å². The highest BCUT2D eigenvalue weighted by Gasteiger charge is 2.29. The monoisotopic (exact) mass is 344 g/mol. The number of carbonyl (C=O) groups is 2. The van der Waals surface area contributed by atoms with E-state index < -0.39 is 0 Å². The molecular formula is C19H21FN2O3. The fourth-order valence-electron chi connectivity index (χ4n) is 3.13. The maximum Gasteiger partial charge on any atom is 0.253 e. The van der Waals surface area contributed by atoms with E-state index in [1.165, 1.54) is 24.3 Å². The Kier molecular flexibility index (Phi) is 5.16. The molecule has 1 aliphatic rings. The van der Waals surface area contributed by atoms with Crippen molar-refractivity contribution >= 4 is 11.8 Å². The van der Waals surface area contributed by atoms with Crippen molar-refractivity contribution < 1.29 is 18.4 Å². The standard InChI is InChI=1S/C19H21FN2O3/c1-21(13-17-3-2-12-25-17)18(23)15-8-10-22(11-9-15)19(24)14-4-6-16(20)7-5-14/h2-7,12,15H,8-11,13H2,1H3. The molecule has 0 radical (unpaired) electrons. The first-order chi connectivity index (χ1) is 12.0. The van der Waals surface area contributed by atoms with Crippen molar-refractivity contribution in [2.75, 3.05) is 20.1 Å². The van der Waals surface area contributed by atoms with Gasteiger partial charge in [0.15, 0.2) is 0 Å². The Morgan fingerprint density at radius 2 is 1.88 bits per heavy atom. The number of amides is 2. The molecule has 2 heterocycles. The second-order valence-corrected chi connectivity index (χ2v) is 6.35. The van der Waals surface area contributed by atoms with Gasteiger partial charge in [-0.1, -0.05) is 0 Å². The molecule has 2 aromatic rings. The third kappa shape index (κ3) is 4.07. The fourth-order valence-corrected chi connectivity index (χ4v) is 3.13. The number of hydrogen-bond donors (Lipinski definition) is 0. The molecule has 0 bridgehead atoms. The molecule has 0 N–H and O–H groups in total. The number of halogens is 1. The zero-order chi connectivity index (χ0) is 17.8. The molecule has 0 unspecified atom stereocenters. The first-order valence-electron chi connectivity index (χ1n) is 8.37. The molecule has 1 aliphatic heterocycles. The van der Waals surface area contributed by atoms with Gasteiger partial charge in [-0.2, -0.15) is 0 Å². The van der Waals surface area contributed by atoms with E-state index in [4.69, 9.17) is 4.42 Å². The van der Waals surface area contributed by atoms with Crippen LogP contribution in [0.15, 0.2) is 47.1 Å². The van der Waals surface area contributed by atoms with Crippen LogP contribution in [0.4, 0.5) is 4.39 Å². The number of piperidine rings is 1. The maximum atomic E-state index is 13.0. The van der Waals surface area contributed by atoms with Crippen LogP contribution in [0, 0.1) is 11.7 Å². The van der Waals surface area contributed by atoms with E-state index in [1.807, 2.05) is 6.07 Å². The molecule has 132 valence electrons. The van der Waals surface area contributed by atoms with E-state index >= 15 is 0 Å². The van der Waals surface area contributed by atoms with Gasteiger partial charge in [-0.25, -0.2) is 4.39 Å². The van der Waals surface area contributed by atoms with Gasteiger partial charge in [0, 0.05) is 31.6 Å². The van der Waals surface area contributed by atoms with Crippen LogP contribution in [0.5, 0.6) is 0 Å². The number of likely N-dealkylation sites (tertiary alicyclic amines) is 1. The van der Waals surface area contributed by atoms with Crippen LogP contribution in [-0.2, 0) is 11.3 Å². The summed E-state index contributed by atoms with van der Waals surface area (Å²) in [7, 11) is 1.76. The molecule has 2 amide bonds. The Bertz CT molecular complexity index is 720. The Morgan fingerprint density at radius 1 is 1.20 bits per heavy atom. The number of carbonyl (C=O) groups excluding carboxylic acids is 2. The molecule has 0 saturated carbocycles. The molecule has 1 saturated heterocycles. The van der Waals surface area contributed by atoms with Gasteiger partial charge in [0.25, 0.3) is 5.91 Å². The average molecular weight is 344 g/mol. The van der Waals surface area contributed by atoms with E-state index in [-0.39, 0.29) is 23.5 Å². The largest absolute Gasteiger partial charge is 0.467 e. The van der Waals surface area contributed by atoms with Crippen LogP contribution >= 0.6 is 0 Å². The molecule has 6 heteroatoms. The van der Waals surface area contributed by atoms with Crippen molar-refractivity contribution in [2.45, 2.75) is 19.4 Å². The van der Waals surface area contributed by atoms with E-state index in [2.05, 4.69) is 0 Å². The highest BCUT2D eigenvalue weighted by atomic mass is 19.1. The summed E-state index contributed by atoms with van der Waals surface area (Å²) in [5.41, 5.74) is 0.473. The van der Waals surface area contributed by atoms with E-state index in [1.54, 1.807) is 29.2 Å². The minimum absolute atomic E-state index is 0.0743. The second-order valence-electron chi connectivity index (χ2n) is 6.35. The Morgan fingerprint density at radius 3 is 2.48 bits per heavy atom. The lowest BCUT2D eigenvalue weighted by Crippen LogP contribution is -2.43. The number of benzene rings is 1. The van der Waals surface area contributed by atoms with E-state index in [0.29, 0.717) is 38.0 Å². The lowest BCUT2D eigenvalue weighted by molar-refractivity contribution is -0.136. The first kappa shape index (κ1) is 17.2. The van der Waals surface area contributed by atoms with E-state index in [9.17, 15) is 14.0 Å². The molecule has 0 aliphatic carbocycles. The first-order valence-corrected chi connectivity index (χ1v) is 8.37. The summed E-state index contributed by atoms with van der Waals surface area (Å²) in [5, 5.41) is 0. The van der Waals surface area contributed by atoms with Gasteiger partial charge in [-0.15, -0.1) is 0 Å². The zero-order valence-corrected chi connectivity index (χ0v) is 14.2. The molecule has 1 fully saturated rings. The fraction of sp³-hybridized carbons (Fsp3) is 0.368. The highest BCUT2D eigenvalue weighted by molar-refractivity contribution is 5.94. The van der Waals surface area contributed by atoms with E-state index in [0.717, 1.165) is 5.76 Å². The minimum atomic E-state index is -0.361. The third-order valence-electron chi connectivity index (χ3n) is 4.57. The normalized spacial score (nSPS) is 15.2. The van der Waals surface area contributed by atoms with Gasteiger partial charge >= 0.3 is 0 Å². The predicted molar refractivity (Wildman–Crippen MR) is 90.2 cm³/mol. The second kappa shape index (κ2) is 7.51. The Hall–Kier alpha value is -2.63. The number of hydrogen-bond acceptors (Lipinski definition) is 3. The van der Waals surface area contributed by atoms with Crippen molar-refractivity contribution in [2.24, 2.45) is 5.92 Å². The Labute approximate surface area is 146 Å². The average Bonchev–Trinajstić information content (AvgIpc) is 3.14. The van der Waals surface area contributed by atoms with Crippen LogP contribution in [0.3, 0.4) is 0 Å². The minimum Gasteiger partial charge on any atom is -0.467 e. The van der Waals surface area contributed by atoms with Crippen LogP contribution in [0.1, 0.15) is 29.0 Å². The number of nitrogens with zero attached hydrogens (tertiary/aromatic N) is 2. The quantitative estimate of drug-likeness (QED) is 0.857. The topological polar surface area (TPSA) is 53.8 Å². The van der Waals surface area contributed by atoms with Crippen molar-refractivity contribution in [3.8, 4) is 0 Å². The van der Waals surface area contributed by atoms with Crippen LogP contribution in [0.2, 0.25) is 0 Å². The summed E-state index contributed by atoms with van der Waals surface area (Å²) in [5.74, 6) is 0.262. The molecule has 1 aromatic carbocycles. The summed E-state index contributed by atoms with van der Waals surface area (Å²) >= 11 is 0. The van der Waals surface area contributed by atoms with Gasteiger partial charge in [0.1, 0.15) is 11.6 Å². The molecule has 3 rings (SSSR count). The molecule has 25 heavy (non-hydrogen) atoms. The van der Waals surface area contributed by atoms with Crippen molar-refractivity contribution in [3.05, 3.63) is 59.8 Å². The third-order valence-corrected chi connectivity index (χ3v) is 4.57. The SMILES string of the molecule is CN(Cc1ccco1)C(=O)C1CCN(C(=O)c2ccc(F)cc2)CC1. The molecule has 0 spiro atoms. The van der Waals surface area contributed by atoms with Gasteiger partial charge in [0.2, 0.25) is 5.91 Å². The van der Waals surface area contributed by atoms with Gasteiger partial charge in [-0.05, 0) is 49.2 Å². The summed E-state index contributed by atoms with van der Waals surface area (Å²) in [6, 6.07) is 9.19. The zero-order valence-electron chi connectivity index (χ0n) is 14.2. The molecular weight excluding hydrogens is 323 g/mol. The van der Waals surface area contributed by atoms with Crippen LogP contribution < -0.4 is 0 Å². The lowest BCUT2D eigenvalue weighted by atomic mass is 9.95. The van der Waals surface area contributed by atoms with Gasteiger partial charge in [0.05, 0.1) is 12.8 Å². The highest BCUT2D eigenvalue weighted by Crippen LogP contribution is 2.22. The summed E-state index contributed by atoms with van der Waals surface area (Å²) in [6.07, 6.45) is 2.86. The summed E-state index contributed by atoms with van der Waals surface area (Å²) in [4.78, 5) is 28.4. The smallest absolute Gasteiger partial charge is 0.253 e. The maximum absolute atomic E-state index is 13.0.